The number of aryl methyl sites for hydroxylation is 2. The number of amides is 1. The topological polar surface area (TPSA) is 46.3 Å². The summed E-state index contributed by atoms with van der Waals surface area (Å²) in [4.78, 5) is 14.5. The first-order valence-electron chi connectivity index (χ1n) is 6.52. The summed E-state index contributed by atoms with van der Waals surface area (Å²) in [7, 11) is 0. The largest absolute Gasteiger partial charge is 0.338 e. The maximum Gasteiger partial charge on any atom is 0.254 e. The van der Waals surface area contributed by atoms with E-state index in [9.17, 15) is 4.79 Å². The fraction of sp³-hybridized carbons (Fsp3) is 0.533. The molecule has 1 amide bonds. The van der Waals surface area contributed by atoms with Crippen molar-refractivity contribution in [2.75, 3.05) is 19.6 Å². The van der Waals surface area contributed by atoms with Gasteiger partial charge in [0.05, 0.1) is 0 Å². The van der Waals surface area contributed by atoms with Gasteiger partial charge in [0.15, 0.2) is 0 Å². The number of rotatable bonds is 2. The smallest absolute Gasteiger partial charge is 0.254 e. The molecule has 0 aliphatic carbocycles. The van der Waals surface area contributed by atoms with E-state index in [1.54, 1.807) is 0 Å². The molecule has 98 valence electrons. The van der Waals surface area contributed by atoms with E-state index in [1.165, 1.54) is 0 Å². The maximum atomic E-state index is 12.6. The van der Waals surface area contributed by atoms with Gasteiger partial charge >= 0.3 is 0 Å². The molecule has 18 heavy (non-hydrogen) atoms. The Kier molecular flexibility index (Phi) is 3.44. The summed E-state index contributed by atoms with van der Waals surface area (Å²) in [5.74, 6) is 0.155. The highest BCUT2D eigenvalue weighted by Crippen LogP contribution is 2.30. The van der Waals surface area contributed by atoms with E-state index in [0.717, 1.165) is 36.2 Å². The fourth-order valence-electron chi connectivity index (χ4n) is 2.67. The van der Waals surface area contributed by atoms with Crippen LogP contribution in [-0.2, 0) is 0 Å². The van der Waals surface area contributed by atoms with Crippen LogP contribution in [0, 0.1) is 19.3 Å². The quantitative estimate of drug-likeness (QED) is 0.868. The average Bonchev–Trinajstić information content (AvgIpc) is 2.72. The van der Waals surface area contributed by atoms with Crippen molar-refractivity contribution >= 4 is 5.91 Å². The second kappa shape index (κ2) is 4.73. The van der Waals surface area contributed by atoms with E-state index in [1.807, 2.05) is 36.9 Å². The number of carbonyl (C=O) groups is 1. The lowest BCUT2D eigenvalue weighted by atomic mass is 9.90. The first-order valence-corrected chi connectivity index (χ1v) is 6.52. The highest BCUT2D eigenvalue weighted by Gasteiger charge is 2.35. The average molecular weight is 246 g/mol. The molecule has 1 heterocycles. The Morgan fingerprint density at radius 2 is 2.00 bits per heavy atom. The van der Waals surface area contributed by atoms with Crippen molar-refractivity contribution < 1.29 is 4.79 Å². The fourth-order valence-corrected chi connectivity index (χ4v) is 2.67. The molecule has 1 aliphatic rings. The summed E-state index contributed by atoms with van der Waals surface area (Å²) in [5, 5.41) is 0. The SMILES string of the molecule is Cc1cccc(C)c1C(=O)N1CCC(C)(CN)C1. The third-order valence-corrected chi connectivity index (χ3v) is 4.03. The second-order valence-electron chi connectivity index (χ2n) is 5.76. The lowest BCUT2D eigenvalue weighted by Gasteiger charge is -2.23. The first-order chi connectivity index (χ1) is 8.47. The second-order valence-corrected chi connectivity index (χ2v) is 5.76. The van der Waals surface area contributed by atoms with E-state index in [0.29, 0.717) is 6.54 Å². The van der Waals surface area contributed by atoms with E-state index >= 15 is 0 Å². The Hall–Kier alpha value is -1.35. The Balaban J connectivity index is 2.23. The van der Waals surface area contributed by atoms with Gasteiger partial charge in [0.2, 0.25) is 0 Å². The third kappa shape index (κ3) is 2.27. The van der Waals surface area contributed by atoms with Gasteiger partial charge in [0, 0.05) is 18.7 Å². The lowest BCUT2D eigenvalue weighted by Crippen LogP contribution is -2.35. The van der Waals surface area contributed by atoms with Gasteiger partial charge in [-0.2, -0.15) is 0 Å². The van der Waals surface area contributed by atoms with Crippen molar-refractivity contribution in [1.29, 1.82) is 0 Å². The molecular weight excluding hydrogens is 224 g/mol. The van der Waals surface area contributed by atoms with Gasteiger partial charge in [0.1, 0.15) is 0 Å². The highest BCUT2D eigenvalue weighted by molar-refractivity contribution is 5.97. The predicted molar refractivity (Wildman–Crippen MR) is 73.6 cm³/mol. The summed E-state index contributed by atoms with van der Waals surface area (Å²) in [6.07, 6.45) is 1.00. The van der Waals surface area contributed by atoms with Gasteiger partial charge in [0.25, 0.3) is 5.91 Å². The van der Waals surface area contributed by atoms with Gasteiger partial charge in [-0.1, -0.05) is 25.1 Å². The normalized spacial score (nSPS) is 23.4. The zero-order chi connectivity index (χ0) is 13.3. The van der Waals surface area contributed by atoms with Crippen molar-refractivity contribution in [2.45, 2.75) is 27.2 Å². The molecule has 3 nitrogen and oxygen atoms in total. The molecular formula is C15H22N2O. The Labute approximate surface area is 109 Å². The third-order valence-electron chi connectivity index (χ3n) is 4.03. The number of benzene rings is 1. The number of carbonyl (C=O) groups excluding carboxylic acids is 1. The summed E-state index contributed by atoms with van der Waals surface area (Å²) in [6, 6.07) is 5.99. The molecule has 1 aromatic rings. The van der Waals surface area contributed by atoms with Crippen molar-refractivity contribution in [1.82, 2.24) is 4.90 Å². The van der Waals surface area contributed by atoms with Crippen molar-refractivity contribution in [3.05, 3.63) is 34.9 Å². The zero-order valence-corrected chi connectivity index (χ0v) is 11.5. The van der Waals surface area contributed by atoms with Crippen LogP contribution in [0.5, 0.6) is 0 Å². The minimum Gasteiger partial charge on any atom is -0.338 e. The molecule has 2 N–H and O–H groups in total. The number of nitrogens with zero attached hydrogens (tertiary/aromatic N) is 1. The maximum absolute atomic E-state index is 12.6. The van der Waals surface area contributed by atoms with E-state index in [4.69, 9.17) is 5.73 Å². The van der Waals surface area contributed by atoms with Crippen molar-refractivity contribution in [3.8, 4) is 0 Å². The molecule has 3 heteroatoms. The van der Waals surface area contributed by atoms with Crippen molar-refractivity contribution in [2.24, 2.45) is 11.1 Å². The molecule has 0 saturated carbocycles. The summed E-state index contributed by atoms with van der Waals surface area (Å²) in [5.41, 5.74) is 8.85. The molecule has 1 saturated heterocycles. The van der Waals surface area contributed by atoms with Crippen LogP contribution in [0.4, 0.5) is 0 Å². The van der Waals surface area contributed by atoms with E-state index < -0.39 is 0 Å². The van der Waals surface area contributed by atoms with Crippen LogP contribution in [0.3, 0.4) is 0 Å². The number of nitrogens with two attached hydrogens (primary N) is 1. The van der Waals surface area contributed by atoms with Crippen LogP contribution in [-0.4, -0.2) is 30.4 Å². The molecule has 0 aromatic heterocycles. The van der Waals surface area contributed by atoms with Gasteiger partial charge in [-0.3, -0.25) is 4.79 Å². The van der Waals surface area contributed by atoms with Gasteiger partial charge in [-0.25, -0.2) is 0 Å². The molecule has 1 aliphatic heterocycles. The monoisotopic (exact) mass is 246 g/mol. The minimum absolute atomic E-state index is 0.0895. The van der Waals surface area contributed by atoms with Gasteiger partial charge in [-0.05, 0) is 43.4 Å². The molecule has 1 unspecified atom stereocenters. The highest BCUT2D eigenvalue weighted by atomic mass is 16.2. The molecule has 1 fully saturated rings. The molecule has 1 atom stereocenters. The van der Waals surface area contributed by atoms with Crippen LogP contribution in [0.1, 0.15) is 34.8 Å². The Bertz CT molecular complexity index is 449. The standard InChI is InChI=1S/C15H22N2O/c1-11-5-4-6-12(2)13(11)14(18)17-8-7-15(3,9-16)10-17/h4-6H,7-10,16H2,1-3H3. The molecule has 0 radical (unpaired) electrons. The molecule has 1 aromatic carbocycles. The van der Waals surface area contributed by atoms with E-state index in [-0.39, 0.29) is 11.3 Å². The molecule has 2 rings (SSSR count). The van der Waals surface area contributed by atoms with E-state index in [2.05, 4.69) is 6.92 Å². The zero-order valence-electron chi connectivity index (χ0n) is 11.5. The van der Waals surface area contributed by atoms with Crippen LogP contribution in [0.25, 0.3) is 0 Å². The first kappa shape index (κ1) is 13.1. The summed E-state index contributed by atoms with van der Waals surface area (Å²) >= 11 is 0. The Morgan fingerprint density at radius 1 is 1.39 bits per heavy atom. The van der Waals surface area contributed by atoms with Gasteiger partial charge in [-0.15, -0.1) is 0 Å². The van der Waals surface area contributed by atoms with Crippen LogP contribution in [0.2, 0.25) is 0 Å². The molecule has 0 spiro atoms. The Morgan fingerprint density at radius 3 is 2.50 bits per heavy atom. The minimum atomic E-state index is 0.0895. The number of hydrogen-bond donors (Lipinski definition) is 1. The van der Waals surface area contributed by atoms with Crippen LogP contribution >= 0.6 is 0 Å². The number of likely N-dealkylation sites (tertiary alicyclic amines) is 1. The summed E-state index contributed by atoms with van der Waals surface area (Å²) < 4.78 is 0. The van der Waals surface area contributed by atoms with Crippen LogP contribution < -0.4 is 5.73 Å². The van der Waals surface area contributed by atoms with Crippen LogP contribution in [0.15, 0.2) is 18.2 Å². The van der Waals surface area contributed by atoms with Crippen molar-refractivity contribution in [3.63, 3.8) is 0 Å². The van der Waals surface area contributed by atoms with Gasteiger partial charge < -0.3 is 10.6 Å². The summed E-state index contributed by atoms with van der Waals surface area (Å²) in [6.45, 7) is 8.39. The number of hydrogen-bond acceptors (Lipinski definition) is 2. The molecule has 0 bridgehead atoms. The predicted octanol–water partition coefficient (Wildman–Crippen LogP) is 2.11. The lowest BCUT2D eigenvalue weighted by molar-refractivity contribution is 0.0775.